The summed E-state index contributed by atoms with van der Waals surface area (Å²) in [6.45, 7) is 1.24. The zero-order valence-corrected chi connectivity index (χ0v) is 13.9. The van der Waals surface area contributed by atoms with Gasteiger partial charge in [-0.15, -0.1) is 0 Å². The van der Waals surface area contributed by atoms with Gasteiger partial charge in [-0.2, -0.15) is 0 Å². The number of hydrogen-bond acceptors (Lipinski definition) is 6. The molecule has 0 spiro atoms. The van der Waals surface area contributed by atoms with Crippen molar-refractivity contribution in [2.75, 3.05) is 35.7 Å². The largest absolute Gasteiger partial charge is 0.373 e. The second kappa shape index (κ2) is 7.33. The summed E-state index contributed by atoms with van der Waals surface area (Å²) in [5, 5.41) is 17.0. The average molecular weight is 345 g/mol. The molecule has 0 aliphatic carbocycles. The fourth-order valence-electron chi connectivity index (χ4n) is 2.88. The molecule has 25 heavy (non-hydrogen) atoms. The highest BCUT2D eigenvalue weighted by molar-refractivity contribution is 5.69. The lowest BCUT2D eigenvalue weighted by atomic mass is 10.1. The van der Waals surface area contributed by atoms with Crippen LogP contribution in [0.2, 0.25) is 0 Å². The summed E-state index contributed by atoms with van der Waals surface area (Å²) in [5.41, 5.74) is 1.53. The Hall–Kier alpha value is -2.90. The molecule has 1 aliphatic heterocycles. The molecular weight excluding hydrogens is 325 g/mol. The van der Waals surface area contributed by atoms with Gasteiger partial charge in [-0.25, -0.2) is 9.37 Å². The van der Waals surface area contributed by atoms with Crippen molar-refractivity contribution < 1.29 is 9.31 Å². The molecule has 1 aliphatic rings. The van der Waals surface area contributed by atoms with Crippen LogP contribution in [0.25, 0.3) is 0 Å². The van der Waals surface area contributed by atoms with Crippen LogP contribution >= 0.6 is 0 Å². The van der Waals surface area contributed by atoms with Gasteiger partial charge in [0.1, 0.15) is 12.0 Å². The highest BCUT2D eigenvalue weighted by atomic mass is 19.1. The summed E-state index contributed by atoms with van der Waals surface area (Å²) in [6.07, 6.45) is 0.671. The maximum absolute atomic E-state index is 13.5. The Morgan fingerprint density at radius 2 is 2.04 bits per heavy atom. The number of anilines is 4. The second-order valence-electron chi connectivity index (χ2n) is 5.93. The topological polar surface area (TPSA) is 83.3 Å². The van der Waals surface area contributed by atoms with Crippen LogP contribution in [0.1, 0.15) is 12.8 Å². The van der Waals surface area contributed by atoms with E-state index in [1.54, 1.807) is 13.1 Å². The first-order chi connectivity index (χ1) is 12.1. The van der Waals surface area contributed by atoms with Crippen molar-refractivity contribution in [1.82, 2.24) is 4.98 Å². The van der Waals surface area contributed by atoms with Crippen LogP contribution in [0, 0.1) is 10.1 Å². The standard InChI is InChI=1S/C17H20FN5O2/c1-19-16-9-8-15(23(24)25)17(21-16)20-13-4-6-14(7-5-13)22-10-2-3-12(18)11-22/h4-9,12H,2-3,10-11H2,1H3,(H2,19,20,21). The van der Waals surface area contributed by atoms with Gasteiger partial charge in [-0.1, -0.05) is 0 Å². The third-order valence-electron chi connectivity index (χ3n) is 4.19. The van der Waals surface area contributed by atoms with Crippen molar-refractivity contribution in [3.63, 3.8) is 0 Å². The Kier molecular flexibility index (Phi) is 4.97. The summed E-state index contributed by atoms with van der Waals surface area (Å²) >= 11 is 0. The first-order valence-corrected chi connectivity index (χ1v) is 8.16. The van der Waals surface area contributed by atoms with Crippen molar-refractivity contribution in [1.29, 1.82) is 0 Å². The minimum Gasteiger partial charge on any atom is -0.373 e. The van der Waals surface area contributed by atoms with E-state index in [0.29, 0.717) is 24.5 Å². The van der Waals surface area contributed by atoms with E-state index in [2.05, 4.69) is 15.6 Å². The molecular formula is C17H20FN5O2. The monoisotopic (exact) mass is 345 g/mol. The van der Waals surface area contributed by atoms with Gasteiger partial charge in [0, 0.05) is 37.6 Å². The lowest BCUT2D eigenvalue weighted by molar-refractivity contribution is -0.384. The molecule has 132 valence electrons. The lowest BCUT2D eigenvalue weighted by Gasteiger charge is -2.31. The number of halogens is 1. The van der Waals surface area contributed by atoms with Crippen molar-refractivity contribution in [3.05, 3.63) is 46.5 Å². The van der Waals surface area contributed by atoms with E-state index < -0.39 is 11.1 Å². The molecule has 2 N–H and O–H groups in total. The zero-order chi connectivity index (χ0) is 17.8. The molecule has 1 aromatic heterocycles. The van der Waals surface area contributed by atoms with E-state index in [-0.39, 0.29) is 11.5 Å². The molecule has 0 radical (unpaired) electrons. The number of nitrogens with one attached hydrogen (secondary N) is 2. The molecule has 1 saturated heterocycles. The second-order valence-corrected chi connectivity index (χ2v) is 5.93. The maximum atomic E-state index is 13.5. The molecule has 1 atom stereocenters. The molecule has 0 saturated carbocycles. The SMILES string of the molecule is CNc1ccc([N+](=O)[O-])c(Nc2ccc(N3CCCC(F)C3)cc2)n1. The quantitative estimate of drug-likeness (QED) is 0.635. The molecule has 1 fully saturated rings. The molecule has 2 heterocycles. The van der Waals surface area contributed by atoms with E-state index in [1.165, 1.54) is 6.07 Å². The summed E-state index contributed by atoms with van der Waals surface area (Å²) in [7, 11) is 1.70. The number of hydrogen-bond donors (Lipinski definition) is 2. The van der Waals surface area contributed by atoms with Crippen molar-refractivity contribution >= 4 is 28.7 Å². The summed E-state index contributed by atoms with van der Waals surface area (Å²) < 4.78 is 13.5. The van der Waals surface area contributed by atoms with Gasteiger partial charge < -0.3 is 15.5 Å². The third kappa shape index (κ3) is 3.96. The zero-order valence-electron chi connectivity index (χ0n) is 13.9. The Morgan fingerprint density at radius 1 is 1.28 bits per heavy atom. The first-order valence-electron chi connectivity index (χ1n) is 8.16. The van der Waals surface area contributed by atoms with Gasteiger partial charge in [-0.3, -0.25) is 10.1 Å². The van der Waals surface area contributed by atoms with Crippen LogP contribution < -0.4 is 15.5 Å². The van der Waals surface area contributed by atoms with E-state index >= 15 is 0 Å². The summed E-state index contributed by atoms with van der Waals surface area (Å²) in [5.74, 6) is 0.707. The fraction of sp³-hybridized carbons (Fsp3) is 0.353. The predicted molar refractivity (Wildman–Crippen MR) is 96.5 cm³/mol. The fourth-order valence-corrected chi connectivity index (χ4v) is 2.88. The van der Waals surface area contributed by atoms with E-state index in [4.69, 9.17) is 0 Å². The van der Waals surface area contributed by atoms with Crippen LogP contribution in [-0.4, -0.2) is 36.2 Å². The molecule has 2 aromatic rings. The number of nitro groups is 1. The van der Waals surface area contributed by atoms with Crippen molar-refractivity contribution in [3.8, 4) is 0 Å². The normalized spacial score (nSPS) is 17.2. The Labute approximate surface area is 145 Å². The van der Waals surface area contributed by atoms with E-state index in [0.717, 1.165) is 18.7 Å². The van der Waals surface area contributed by atoms with Gasteiger partial charge in [0.25, 0.3) is 0 Å². The molecule has 8 heteroatoms. The number of piperidine rings is 1. The highest BCUT2D eigenvalue weighted by Gasteiger charge is 2.20. The number of pyridine rings is 1. The molecule has 0 bridgehead atoms. The van der Waals surface area contributed by atoms with Gasteiger partial charge in [0.05, 0.1) is 4.92 Å². The Balaban J connectivity index is 1.78. The van der Waals surface area contributed by atoms with Crippen LogP contribution in [0.5, 0.6) is 0 Å². The minimum absolute atomic E-state index is 0.0978. The summed E-state index contributed by atoms with van der Waals surface area (Å²) in [6, 6.07) is 10.4. The van der Waals surface area contributed by atoms with Gasteiger partial charge in [0.2, 0.25) is 5.82 Å². The van der Waals surface area contributed by atoms with Crippen LogP contribution in [0.3, 0.4) is 0 Å². The number of nitrogens with zero attached hydrogens (tertiary/aromatic N) is 3. The number of rotatable bonds is 5. The van der Waals surface area contributed by atoms with Crippen LogP contribution in [-0.2, 0) is 0 Å². The molecule has 0 amide bonds. The predicted octanol–water partition coefficient (Wildman–Crippen LogP) is 3.71. The number of aromatic nitrogens is 1. The van der Waals surface area contributed by atoms with Gasteiger partial charge in [0.15, 0.2) is 0 Å². The third-order valence-corrected chi connectivity index (χ3v) is 4.19. The van der Waals surface area contributed by atoms with Crippen LogP contribution in [0.4, 0.5) is 33.1 Å². The maximum Gasteiger partial charge on any atom is 0.311 e. The molecule has 7 nitrogen and oxygen atoms in total. The Bertz CT molecular complexity index is 753. The Morgan fingerprint density at radius 3 is 2.68 bits per heavy atom. The molecule has 1 aromatic carbocycles. The average Bonchev–Trinajstić information content (AvgIpc) is 2.62. The molecule has 3 rings (SSSR count). The lowest BCUT2D eigenvalue weighted by Crippen LogP contribution is -2.36. The van der Waals surface area contributed by atoms with E-state index in [9.17, 15) is 14.5 Å². The minimum atomic E-state index is -0.789. The smallest absolute Gasteiger partial charge is 0.311 e. The van der Waals surface area contributed by atoms with Gasteiger partial charge >= 0.3 is 5.69 Å². The van der Waals surface area contributed by atoms with Crippen molar-refractivity contribution in [2.45, 2.75) is 19.0 Å². The first kappa shape index (κ1) is 16.9. The molecule has 1 unspecified atom stereocenters. The number of alkyl halides is 1. The number of benzene rings is 1. The van der Waals surface area contributed by atoms with Gasteiger partial charge in [-0.05, 0) is 43.2 Å². The summed E-state index contributed by atoms with van der Waals surface area (Å²) in [4.78, 5) is 16.9. The highest BCUT2D eigenvalue weighted by Crippen LogP contribution is 2.29. The van der Waals surface area contributed by atoms with Crippen LogP contribution in [0.15, 0.2) is 36.4 Å². The van der Waals surface area contributed by atoms with E-state index in [1.807, 2.05) is 29.2 Å². The van der Waals surface area contributed by atoms with Crippen molar-refractivity contribution in [2.24, 2.45) is 0 Å².